The molecule has 2 N–H and O–H groups in total. The zero-order chi connectivity index (χ0) is 17.6. The van der Waals surface area contributed by atoms with Crippen LogP contribution in [0.15, 0.2) is 30.9 Å². The van der Waals surface area contributed by atoms with Gasteiger partial charge in [0.05, 0.1) is 14.2 Å². The molecule has 0 aromatic heterocycles. The van der Waals surface area contributed by atoms with Gasteiger partial charge in [0.15, 0.2) is 17.1 Å². The highest BCUT2D eigenvalue weighted by atomic mass is 16.5. The van der Waals surface area contributed by atoms with Crippen molar-refractivity contribution in [3.63, 3.8) is 0 Å². The Kier molecular flexibility index (Phi) is 6.23. The molecule has 6 nitrogen and oxygen atoms in total. The van der Waals surface area contributed by atoms with E-state index in [0.717, 1.165) is 12.0 Å². The monoisotopic (exact) mass is 334 g/mol. The highest BCUT2D eigenvalue weighted by molar-refractivity contribution is 5.86. The molecule has 1 fully saturated rings. The second-order valence-corrected chi connectivity index (χ2v) is 5.93. The first-order valence-corrected chi connectivity index (χ1v) is 8.09. The van der Waals surface area contributed by atoms with E-state index in [0.29, 0.717) is 37.6 Å². The zero-order valence-electron chi connectivity index (χ0n) is 14.4. The van der Waals surface area contributed by atoms with Crippen LogP contribution in [0.1, 0.15) is 18.4 Å². The molecular weight excluding hydrogens is 308 g/mol. The predicted molar refractivity (Wildman–Crippen MR) is 92.2 cm³/mol. The van der Waals surface area contributed by atoms with Gasteiger partial charge >= 0.3 is 0 Å². The maximum atomic E-state index is 12.7. The van der Waals surface area contributed by atoms with E-state index in [1.807, 2.05) is 18.2 Å². The second-order valence-electron chi connectivity index (χ2n) is 5.93. The number of amides is 1. The number of hydrogen-bond donors (Lipinski definition) is 2. The van der Waals surface area contributed by atoms with Crippen LogP contribution in [0, 0.1) is 0 Å². The van der Waals surface area contributed by atoms with Crippen LogP contribution in [0.5, 0.6) is 11.5 Å². The number of piperidine rings is 1. The number of carbonyl (C=O) groups is 1. The summed E-state index contributed by atoms with van der Waals surface area (Å²) in [5.74, 6) is 0.990. The summed E-state index contributed by atoms with van der Waals surface area (Å²) in [5, 5.41) is 13.7. The summed E-state index contributed by atoms with van der Waals surface area (Å²) in [6.07, 6.45) is 2.92. The van der Waals surface area contributed by atoms with Crippen molar-refractivity contribution >= 4 is 5.91 Å². The van der Waals surface area contributed by atoms with Crippen LogP contribution in [-0.4, -0.2) is 55.4 Å². The smallest absolute Gasteiger partial charge is 0.256 e. The summed E-state index contributed by atoms with van der Waals surface area (Å²) in [5.41, 5.74) is -0.513. The molecule has 1 saturated heterocycles. The van der Waals surface area contributed by atoms with Gasteiger partial charge in [-0.25, -0.2) is 0 Å². The molecule has 1 aromatic rings. The number of carbonyl (C=O) groups excluding carboxylic acids is 1. The fourth-order valence-electron chi connectivity index (χ4n) is 3.04. The summed E-state index contributed by atoms with van der Waals surface area (Å²) in [4.78, 5) is 14.4. The molecule has 1 aromatic carbocycles. The highest BCUT2D eigenvalue weighted by Gasteiger charge is 2.41. The molecule has 24 heavy (non-hydrogen) atoms. The number of ether oxygens (including phenoxy) is 2. The first kappa shape index (κ1) is 18.3. The minimum absolute atomic E-state index is 0.226. The number of hydrogen-bond acceptors (Lipinski definition) is 5. The molecular formula is C18H26N2O4. The first-order valence-electron chi connectivity index (χ1n) is 8.09. The lowest BCUT2D eigenvalue weighted by Crippen LogP contribution is -2.57. The van der Waals surface area contributed by atoms with Crippen molar-refractivity contribution in [3.8, 4) is 11.5 Å². The zero-order valence-corrected chi connectivity index (χ0v) is 14.4. The average Bonchev–Trinajstić information content (AvgIpc) is 2.59. The second kappa shape index (κ2) is 8.17. The Balaban J connectivity index is 2.15. The third-order valence-electron chi connectivity index (χ3n) is 4.26. The van der Waals surface area contributed by atoms with E-state index < -0.39 is 5.60 Å². The lowest BCUT2D eigenvalue weighted by atomic mass is 9.91. The fraction of sp³-hybridized carbons (Fsp3) is 0.500. The molecule has 6 heteroatoms. The van der Waals surface area contributed by atoms with Crippen molar-refractivity contribution < 1.29 is 19.4 Å². The molecule has 1 aliphatic heterocycles. The maximum absolute atomic E-state index is 12.7. The van der Waals surface area contributed by atoms with Gasteiger partial charge in [-0.2, -0.15) is 0 Å². The van der Waals surface area contributed by atoms with Crippen LogP contribution in [0.4, 0.5) is 0 Å². The number of nitrogens with one attached hydrogen (secondary N) is 1. The minimum atomic E-state index is -1.37. The number of methoxy groups -OCH3 is 2. The maximum Gasteiger partial charge on any atom is 0.256 e. The third kappa shape index (κ3) is 3.88. The molecule has 0 bridgehead atoms. The van der Waals surface area contributed by atoms with Gasteiger partial charge in [-0.05, 0) is 18.9 Å². The van der Waals surface area contributed by atoms with Gasteiger partial charge in [0.1, 0.15) is 0 Å². The summed E-state index contributed by atoms with van der Waals surface area (Å²) in [6, 6.07) is 5.58. The van der Waals surface area contributed by atoms with Crippen LogP contribution >= 0.6 is 0 Å². The summed E-state index contributed by atoms with van der Waals surface area (Å²) in [7, 11) is 3.16. The topological polar surface area (TPSA) is 71.0 Å². The fourth-order valence-corrected chi connectivity index (χ4v) is 3.04. The normalized spacial score (nSPS) is 20.8. The number of para-hydroxylation sites is 1. The van der Waals surface area contributed by atoms with Crippen LogP contribution in [0.2, 0.25) is 0 Å². The lowest BCUT2D eigenvalue weighted by molar-refractivity contribution is -0.157. The van der Waals surface area contributed by atoms with E-state index >= 15 is 0 Å². The van der Waals surface area contributed by atoms with E-state index in [2.05, 4.69) is 11.9 Å². The van der Waals surface area contributed by atoms with Crippen LogP contribution in [0.3, 0.4) is 0 Å². The van der Waals surface area contributed by atoms with Crippen molar-refractivity contribution in [2.45, 2.75) is 25.0 Å². The third-order valence-corrected chi connectivity index (χ3v) is 4.26. The molecule has 132 valence electrons. The van der Waals surface area contributed by atoms with Gasteiger partial charge in [0.2, 0.25) is 0 Å². The Morgan fingerprint density at radius 3 is 2.88 bits per heavy atom. The van der Waals surface area contributed by atoms with Crippen molar-refractivity contribution in [1.82, 2.24) is 10.2 Å². The van der Waals surface area contributed by atoms with Crippen LogP contribution < -0.4 is 14.8 Å². The van der Waals surface area contributed by atoms with Crippen LogP contribution in [0.25, 0.3) is 0 Å². The van der Waals surface area contributed by atoms with Crippen molar-refractivity contribution in [1.29, 1.82) is 0 Å². The molecule has 1 atom stereocenters. The highest BCUT2D eigenvalue weighted by Crippen LogP contribution is 2.33. The number of benzene rings is 1. The van der Waals surface area contributed by atoms with E-state index in [9.17, 15) is 9.90 Å². The molecule has 0 aliphatic carbocycles. The van der Waals surface area contributed by atoms with Gasteiger partial charge in [0.25, 0.3) is 5.91 Å². The molecule has 1 aliphatic rings. The van der Waals surface area contributed by atoms with Gasteiger partial charge in [0, 0.05) is 31.7 Å². The Morgan fingerprint density at radius 1 is 1.42 bits per heavy atom. The summed E-state index contributed by atoms with van der Waals surface area (Å²) < 4.78 is 10.7. The summed E-state index contributed by atoms with van der Waals surface area (Å²) in [6.45, 7) is 5.40. The minimum Gasteiger partial charge on any atom is -0.493 e. The van der Waals surface area contributed by atoms with Gasteiger partial charge in [-0.15, -0.1) is 6.58 Å². The predicted octanol–water partition coefficient (Wildman–Crippen LogP) is 1.33. The molecule has 1 amide bonds. The van der Waals surface area contributed by atoms with Crippen molar-refractivity contribution in [2.75, 3.05) is 33.9 Å². The van der Waals surface area contributed by atoms with E-state index in [-0.39, 0.29) is 12.5 Å². The molecule has 0 radical (unpaired) electrons. The van der Waals surface area contributed by atoms with E-state index in [1.54, 1.807) is 25.2 Å². The Hall–Kier alpha value is -2.05. The standard InChI is InChI=1S/C18H26N2O4/c1-4-10-19-13-18(22)9-6-11-20(17(18)21)12-14-7-5-8-15(23-2)16(14)24-3/h4-5,7-8,19,22H,1,6,9-13H2,2-3H3/t18-/m0/s1. The van der Waals surface area contributed by atoms with Gasteiger partial charge in [-0.1, -0.05) is 18.2 Å². The number of likely N-dealkylation sites (tertiary alicyclic amines) is 1. The molecule has 1 heterocycles. The quantitative estimate of drug-likeness (QED) is 0.554. The van der Waals surface area contributed by atoms with Crippen molar-refractivity contribution in [2.24, 2.45) is 0 Å². The molecule has 2 rings (SSSR count). The number of rotatable bonds is 8. The SMILES string of the molecule is C=CCNC[C@@]1(O)CCCN(Cc2cccc(OC)c2OC)C1=O. The Bertz CT molecular complexity index is 590. The van der Waals surface area contributed by atoms with E-state index in [4.69, 9.17) is 9.47 Å². The molecule has 0 unspecified atom stereocenters. The van der Waals surface area contributed by atoms with Crippen LogP contribution in [-0.2, 0) is 11.3 Å². The Labute approximate surface area is 143 Å². The van der Waals surface area contributed by atoms with Crippen molar-refractivity contribution in [3.05, 3.63) is 36.4 Å². The number of nitrogens with zero attached hydrogens (tertiary/aromatic N) is 1. The first-order chi connectivity index (χ1) is 11.6. The Morgan fingerprint density at radius 2 is 2.21 bits per heavy atom. The average molecular weight is 334 g/mol. The van der Waals surface area contributed by atoms with Gasteiger partial charge < -0.3 is 24.8 Å². The molecule has 0 saturated carbocycles. The largest absolute Gasteiger partial charge is 0.493 e. The number of aliphatic hydroxyl groups is 1. The summed E-state index contributed by atoms with van der Waals surface area (Å²) >= 11 is 0. The molecule has 0 spiro atoms. The van der Waals surface area contributed by atoms with E-state index in [1.165, 1.54) is 0 Å². The van der Waals surface area contributed by atoms with Gasteiger partial charge in [-0.3, -0.25) is 4.79 Å². The lowest BCUT2D eigenvalue weighted by Gasteiger charge is -2.38.